The van der Waals surface area contributed by atoms with Crippen LogP contribution in [0.25, 0.3) is 0 Å². The number of ether oxygens (including phenoxy) is 1. The van der Waals surface area contributed by atoms with Crippen molar-refractivity contribution in [2.75, 3.05) is 37.4 Å². The van der Waals surface area contributed by atoms with Gasteiger partial charge in [-0.1, -0.05) is 0 Å². The maximum atomic E-state index is 8.90. The van der Waals surface area contributed by atoms with E-state index in [9.17, 15) is 0 Å². The average Bonchev–Trinajstić information content (AvgIpc) is 2.41. The van der Waals surface area contributed by atoms with Crippen LogP contribution in [0.5, 0.6) is 0 Å². The first-order chi connectivity index (χ1) is 9.69. The van der Waals surface area contributed by atoms with E-state index in [1.54, 1.807) is 0 Å². The zero-order valence-corrected chi connectivity index (χ0v) is 11.9. The van der Waals surface area contributed by atoms with Gasteiger partial charge in [-0.2, -0.15) is 5.26 Å². The molecule has 0 unspecified atom stereocenters. The predicted molar refractivity (Wildman–Crippen MR) is 78.3 cm³/mol. The molecule has 1 aromatic heterocycles. The molecule has 1 heterocycles. The molecule has 110 valence electrons. The number of hydrogen-bond donors (Lipinski definition) is 3. The highest BCUT2D eigenvalue weighted by Crippen LogP contribution is 2.17. The Morgan fingerprint density at radius 1 is 1.40 bits per heavy atom. The van der Waals surface area contributed by atoms with Crippen molar-refractivity contribution in [1.29, 1.82) is 5.26 Å². The number of pyridine rings is 1. The van der Waals surface area contributed by atoms with Gasteiger partial charge in [-0.05, 0) is 37.8 Å². The molecule has 6 nitrogen and oxygen atoms in total. The molecule has 0 aliphatic rings. The third-order valence-electron chi connectivity index (χ3n) is 2.82. The Balaban J connectivity index is 2.24. The zero-order valence-electron chi connectivity index (χ0n) is 11.9. The molecule has 0 radical (unpaired) electrons. The first kappa shape index (κ1) is 16.2. The van der Waals surface area contributed by atoms with Crippen LogP contribution in [0.15, 0.2) is 6.07 Å². The summed E-state index contributed by atoms with van der Waals surface area (Å²) in [5.41, 5.74) is 6.97. The van der Waals surface area contributed by atoms with Crippen molar-refractivity contribution in [3.8, 4) is 6.07 Å². The number of aromatic nitrogens is 1. The molecule has 0 saturated heterocycles. The Bertz CT molecular complexity index is 434. The Hall–Kier alpha value is -1.84. The number of nitrogen functional groups attached to an aromatic ring is 1. The molecule has 0 saturated carbocycles. The van der Waals surface area contributed by atoms with Gasteiger partial charge in [0.1, 0.15) is 17.7 Å². The van der Waals surface area contributed by atoms with Crippen molar-refractivity contribution in [1.82, 2.24) is 4.98 Å². The molecule has 0 bridgehead atoms. The lowest BCUT2D eigenvalue weighted by Gasteiger charge is -2.09. The van der Waals surface area contributed by atoms with E-state index in [-0.39, 0.29) is 12.4 Å². The number of aliphatic hydroxyl groups excluding tert-OH is 1. The predicted octanol–water partition coefficient (Wildman–Crippen LogP) is 1.43. The second kappa shape index (κ2) is 9.13. The van der Waals surface area contributed by atoms with Crippen molar-refractivity contribution >= 4 is 11.6 Å². The van der Waals surface area contributed by atoms with Gasteiger partial charge in [-0.15, -0.1) is 0 Å². The van der Waals surface area contributed by atoms with E-state index < -0.39 is 0 Å². The third kappa shape index (κ3) is 5.43. The number of hydrogen-bond acceptors (Lipinski definition) is 6. The molecule has 4 N–H and O–H groups in total. The van der Waals surface area contributed by atoms with Gasteiger partial charge < -0.3 is 20.9 Å². The number of unbranched alkanes of at least 4 members (excludes halogenated alkanes) is 1. The lowest BCUT2D eigenvalue weighted by Crippen LogP contribution is -2.09. The van der Waals surface area contributed by atoms with Gasteiger partial charge in [0.05, 0.1) is 5.56 Å². The molecular weight excluding hydrogens is 256 g/mol. The number of aryl methyl sites for hydroxylation is 1. The van der Waals surface area contributed by atoms with Crippen molar-refractivity contribution < 1.29 is 9.84 Å². The molecule has 0 fully saturated rings. The third-order valence-corrected chi connectivity index (χ3v) is 2.82. The second-order valence-electron chi connectivity index (χ2n) is 4.52. The Kier molecular flexibility index (Phi) is 7.40. The molecular formula is C14H22N4O2. The molecule has 20 heavy (non-hydrogen) atoms. The molecule has 0 aliphatic carbocycles. The van der Waals surface area contributed by atoms with E-state index in [1.165, 1.54) is 0 Å². The van der Waals surface area contributed by atoms with E-state index in [4.69, 9.17) is 20.8 Å². The number of nitrogens with two attached hydrogens (primary N) is 1. The Labute approximate surface area is 119 Å². The number of rotatable bonds is 9. The van der Waals surface area contributed by atoms with Gasteiger partial charge in [-0.25, -0.2) is 4.98 Å². The van der Waals surface area contributed by atoms with Crippen molar-refractivity contribution in [3.63, 3.8) is 0 Å². The lowest BCUT2D eigenvalue weighted by molar-refractivity contribution is 0.125. The van der Waals surface area contributed by atoms with Crippen LogP contribution >= 0.6 is 0 Å². The molecule has 6 heteroatoms. The first-order valence-corrected chi connectivity index (χ1v) is 6.78. The minimum atomic E-state index is 0.218. The second-order valence-corrected chi connectivity index (χ2v) is 4.52. The number of aliphatic hydroxyl groups is 1. The summed E-state index contributed by atoms with van der Waals surface area (Å²) in [7, 11) is 0. The van der Waals surface area contributed by atoms with Gasteiger partial charge >= 0.3 is 0 Å². The fraction of sp³-hybridized carbons (Fsp3) is 0.571. The Morgan fingerprint density at radius 2 is 2.15 bits per heavy atom. The van der Waals surface area contributed by atoms with Crippen LogP contribution in [-0.4, -0.2) is 36.5 Å². The molecule has 0 spiro atoms. The molecule has 0 amide bonds. The standard InChI is InChI=1S/C14H22N4O2/c1-11-9-13(18-14(16)12(11)10-15)17-5-4-8-20-7-3-2-6-19/h9,19H,2-8H2,1H3,(H3,16,17,18). The van der Waals surface area contributed by atoms with Crippen LogP contribution in [0.3, 0.4) is 0 Å². The largest absolute Gasteiger partial charge is 0.396 e. The highest BCUT2D eigenvalue weighted by molar-refractivity contribution is 5.58. The first-order valence-electron chi connectivity index (χ1n) is 6.78. The smallest absolute Gasteiger partial charge is 0.144 e. The number of nitrogens with zero attached hydrogens (tertiary/aromatic N) is 2. The summed E-state index contributed by atoms with van der Waals surface area (Å²) in [6.45, 7) is 4.14. The van der Waals surface area contributed by atoms with E-state index in [1.807, 2.05) is 19.1 Å². The van der Waals surface area contributed by atoms with Gasteiger partial charge in [-0.3, -0.25) is 0 Å². The van der Waals surface area contributed by atoms with Gasteiger partial charge in [0.2, 0.25) is 0 Å². The minimum Gasteiger partial charge on any atom is -0.396 e. The fourth-order valence-corrected chi connectivity index (χ4v) is 1.74. The van der Waals surface area contributed by atoms with Crippen LogP contribution in [0, 0.1) is 18.3 Å². The summed E-state index contributed by atoms with van der Waals surface area (Å²) in [6, 6.07) is 3.85. The summed E-state index contributed by atoms with van der Waals surface area (Å²) >= 11 is 0. The SMILES string of the molecule is Cc1cc(NCCCOCCCCO)nc(N)c1C#N. The van der Waals surface area contributed by atoms with Gasteiger partial charge in [0.15, 0.2) is 0 Å². The maximum Gasteiger partial charge on any atom is 0.144 e. The van der Waals surface area contributed by atoms with Crippen molar-refractivity contribution in [3.05, 3.63) is 17.2 Å². The van der Waals surface area contributed by atoms with Crippen LogP contribution in [0.4, 0.5) is 11.6 Å². The minimum absolute atomic E-state index is 0.218. The van der Waals surface area contributed by atoms with Gasteiger partial charge in [0.25, 0.3) is 0 Å². The van der Waals surface area contributed by atoms with Crippen molar-refractivity contribution in [2.24, 2.45) is 0 Å². The van der Waals surface area contributed by atoms with E-state index in [0.717, 1.165) is 31.4 Å². The normalized spacial score (nSPS) is 10.2. The lowest BCUT2D eigenvalue weighted by atomic mass is 10.1. The summed E-state index contributed by atoms with van der Waals surface area (Å²) in [4.78, 5) is 4.14. The fourth-order valence-electron chi connectivity index (χ4n) is 1.74. The van der Waals surface area contributed by atoms with Crippen LogP contribution in [0.1, 0.15) is 30.4 Å². The Morgan fingerprint density at radius 3 is 2.80 bits per heavy atom. The van der Waals surface area contributed by atoms with Crippen LogP contribution in [0.2, 0.25) is 0 Å². The topological polar surface area (TPSA) is 104 Å². The molecule has 0 atom stereocenters. The van der Waals surface area contributed by atoms with E-state index in [2.05, 4.69) is 10.3 Å². The highest BCUT2D eigenvalue weighted by Gasteiger charge is 2.06. The van der Waals surface area contributed by atoms with Crippen LogP contribution in [-0.2, 0) is 4.74 Å². The van der Waals surface area contributed by atoms with Crippen LogP contribution < -0.4 is 11.1 Å². The maximum absolute atomic E-state index is 8.90. The number of nitrogens with one attached hydrogen (secondary N) is 1. The van der Waals surface area contributed by atoms with Gasteiger partial charge in [0, 0.05) is 26.4 Å². The average molecular weight is 278 g/mol. The number of nitriles is 1. The molecule has 1 aromatic rings. The number of anilines is 2. The van der Waals surface area contributed by atoms with E-state index in [0.29, 0.717) is 24.6 Å². The highest BCUT2D eigenvalue weighted by atomic mass is 16.5. The summed E-state index contributed by atoms with van der Waals surface area (Å²) in [6.07, 6.45) is 2.53. The molecule has 1 rings (SSSR count). The quantitative estimate of drug-likeness (QED) is 0.590. The monoisotopic (exact) mass is 278 g/mol. The van der Waals surface area contributed by atoms with Crippen molar-refractivity contribution in [2.45, 2.75) is 26.2 Å². The summed E-state index contributed by atoms with van der Waals surface area (Å²) in [5, 5.41) is 20.7. The molecule has 0 aliphatic heterocycles. The summed E-state index contributed by atoms with van der Waals surface area (Å²) in [5.74, 6) is 0.939. The van der Waals surface area contributed by atoms with E-state index >= 15 is 0 Å². The summed E-state index contributed by atoms with van der Waals surface area (Å²) < 4.78 is 5.42. The molecule has 0 aromatic carbocycles. The zero-order chi connectivity index (χ0) is 14.8.